The van der Waals surface area contributed by atoms with Crippen molar-refractivity contribution >= 4 is 0 Å². The van der Waals surface area contributed by atoms with Crippen LogP contribution in [0.3, 0.4) is 0 Å². The Morgan fingerprint density at radius 2 is 1.27 bits per heavy atom. The van der Waals surface area contributed by atoms with Crippen LogP contribution in [-0.2, 0) is 0 Å². The summed E-state index contributed by atoms with van der Waals surface area (Å²) in [4.78, 5) is 25.9. The second-order valence-electron chi connectivity index (χ2n) is 2.69. The van der Waals surface area contributed by atoms with Crippen LogP contribution in [0.25, 0.3) is 0 Å². The van der Waals surface area contributed by atoms with E-state index in [2.05, 4.69) is 0 Å². The molecule has 0 bridgehead atoms. The van der Waals surface area contributed by atoms with Gasteiger partial charge in [0.15, 0.2) is 0 Å². The van der Waals surface area contributed by atoms with Gasteiger partial charge >= 0.3 is 12.0 Å². The lowest BCUT2D eigenvalue weighted by Gasteiger charge is -2.05. The van der Waals surface area contributed by atoms with E-state index in [1.54, 1.807) is 0 Å². The first-order chi connectivity index (χ1) is 6.50. The van der Waals surface area contributed by atoms with Crippen molar-refractivity contribution in [3.8, 4) is 0 Å². The molecule has 11 nitrogen and oxygen atoms in total. The molecule has 0 unspecified atom stereocenters. The van der Waals surface area contributed by atoms with Crippen LogP contribution in [0, 0.1) is 30.3 Å². The molecule has 88 valence electrons. The van der Waals surface area contributed by atoms with Gasteiger partial charge in [-0.05, 0) is 0 Å². The Bertz CT molecular complexity index is 245. The van der Waals surface area contributed by atoms with Crippen LogP contribution in [-0.4, -0.2) is 26.7 Å². The lowest BCUT2D eigenvalue weighted by molar-refractivity contribution is -0.737. The Labute approximate surface area is 83.5 Å². The Hall–Kier alpha value is -1.88. The highest BCUT2D eigenvalue weighted by Crippen LogP contribution is 1.85. The summed E-state index contributed by atoms with van der Waals surface area (Å²) < 4.78 is 0. The molecule has 0 fully saturated rings. The Morgan fingerprint density at radius 1 is 1.07 bits per heavy atom. The number of rotatable bonds is 3. The van der Waals surface area contributed by atoms with Crippen molar-refractivity contribution in [3.63, 3.8) is 0 Å². The fourth-order valence-electron chi connectivity index (χ4n) is 0.0770. The highest BCUT2D eigenvalue weighted by Gasteiger charge is 2.23. The van der Waals surface area contributed by atoms with E-state index in [0.717, 1.165) is 13.8 Å². The highest BCUT2D eigenvalue weighted by atomic mass is 16.7. The molecule has 0 spiro atoms. The van der Waals surface area contributed by atoms with Crippen molar-refractivity contribution in [1.29, 1.82) is 0 Å². The van der Waals surface area contributed by atoms with Crippen LogP contribution in [0.2, 0.25) is 0 Å². The zero-order valence-electron chi connectivity index (χ0n) is 8.02. The standard InChI is InChI=1S/C2H7N3O2.C2H4N2O4/c1-2(3,4)5(6)7;1-2(3(5)6)4(7)8/h3-4H2,1H3;2H,1H3. The summed E-state index contributed by atoms with van der Waals surface area (Å²) in [5.74, 6) is -1.78. The molecule has 0 aliphatic heterocycles. The van der Waals surface area contributed by atoms with Crippen LogP contribution in [0.5, 0.6) is 0 Å². The van der Waals surface area contributed by atoms with E-state index in [1.165, 1.54) is 0 Å². The van der Waals surface area contributed by atoms with Crippen LogP contribution < -0.4 is 11.5 Å². The molecule has 0 saturated carbocycles. The minimum atomic E-state index is -1.78. The third-order valence-electron chi connectivity index (χ3n) is 1.00. The first-order valence-electron chi connectivity index (χ1n) is 3.49. The van der Waals surface area contributed by atoms with E-state index in [-0.39, 0.29) is 0 Å². The molecule has 0 aromatic carbocycles. The Morgan fingerprint density at radius 3 is 1.27 bits per heavy atom. The monoisotopic (exact) mass is 225 g/mol. The fraction of sp³-hybridized carbons (Fsp3) is 1.00. The molecular weight excluding hydrogens is 214 g/mol. The van der Waals surface area contributed by atoms with Crippen molar-refractivity contribution < 1.29 is 14.8 Å². The van der Waals surface area contributed by atoms with Crippen LogP contribution in [0.1, 0.15) is 13.8 Å². The first kappa shape index (κ1) is 15.6. The van der Waals surface area contributed by atoms with E-state index in [1.807, 2.05) is 0 Å². The van der Waals surface area contributed by atoms with Crippen molar-refractivity contribution in [2.24, 2.45) is 11.5 Å². The zero-order valence-corrected chi connectivity index (χ0v) is 8.02. The van der Waals surface area contributed by atoms with E-state index in [0.29, 0.717) is 0 Å². The lowest BCUT2D eigenvalue weighted by Crippen LogP contribution is -2.53. The van der Waals surface area contributed by atoms with Gasteiger partial charge in [-0.2, -0.15) is 0 Å². The van der Waals surface area contributed by atoms with E-state index in [9.17, 15) is 30.3 Å². The average Bonchev–Trinajstić information content (AvgIpc) is 2.01. The smallest absolute Gasteiger partial charge is 0.261 e. The molecule has 0 aromatic heterocycles. The number of nitrogens with two attached hydrogens (primary N) is 2. The maximum atomic E-state index is 9.58. The largest absolute Gasteiger partial charge is 0.448 e. The van der Waals surface area contributed by atoms with Gasteiger partial charge in [-0.25, -0.2) is 0 Å². The normalized spacial score (nSPS) is 10.2. The maximum Gasteiger partial charge on any atom is 0.448 e. The predicted octanol–water partition coefficient (Wildman–Crippen LogP) is -1.26. The molecule has 11 heteroatoms. The van der Waals surface area contributed by atoms with Gasteiger partial charge in [-0.1, -0.05) is 0 Å². The molecule has 0 rings (SSSR count). The summed E-state index contributed by atoms with van der Waals surface area (Å²) in [7, 11) is 0. The molecule has 15 heavy (non-hydrogen) atoms. The van der Waals surface area contributed by atoms with Crippen LogP contribution in [0.15, 0.2) is 0 Å². The molecular formula is C4H11N5O6. The van der Waals surface area contributed by atoms with E-state index >= 15 is 0 Å². The molecule has 0 heterocycles. The lowest BCUT2D eigenvalue weighted by atomic mass is 10.5. The Balaban J connectivity index is 0. The molecule has 4 N–H and O–H groups in total. The second kappa shape index (κ2) is 5.77. The van der Waals surface area contributed by atoms with Crippen molar-refractivity contribution in [1.82, 2.24) is 0 Å². The molecule has 0 saturated heterocycles. The summed E-state index contributed by atoms with van der Waals surface area (Å²) in [6.07, 6.45) is -1.69. The van der Waals surface area contributed by atoms with Crippen molar-refractivity contribution in [2.75, 3.05) is 0 Å². The van der Waals surface area contributed by atoms with E-state index in [4.69, 9.17) is 11.5 Å². The third kappa shape index (κ3) is 8.45. The maximum absolute atomic E-state index is 9.58. The van der Waals surface area contributed by atoms with Gasteiger partial charge in [0.05, 0.1) is 21.7 Å². The quantitative estimate of drug-likeness (QED) is 0.338. The first-order valence-corrected chi connectivity index (χ1v) is 3.49. The topological polar surface area (TPSA) is 181 Å². The number of nitro groups is 3. The summed E-state index contributed by atoms with van der Waals surface area (Å²) >= 11 is 0. The SMILES string of the molecule is CC(N)(N)[N+](=O)[O-].CC([N+](=O)[O-])[N+](=O)[O-]. The number of hydrogen-bond donors (Lipinski definition) is 2. The molecule has 0 aliphatic rings. The van der Waals surface area contributed by atoms with Gasteiger partial charge in [0.1, 0.15) is 0 Å². The van der Waals surface area contributed by atoms with Crippen LogP contribution in [0.4, 0.5) is 0 Å². The summed E-state index contributed by atoms with van der Waals surface area (Å²) in [6.45, 7) is 2.03. The highest BCUT2D eigenvalue weighted by molar-refractivity contribution is 4.49. The number of hydrogen-bond acceptors (Lipinski definition) is 8. The minimum absolute atomic E-state index is 0.757. The van der Waals surface area contributed by atoms with Gasteiger partial charge in [-0.15, -0.1) is 0 Å². The molecule has 0 atom stereocenters. The second-order valence-corrected chi connectivity index (χ2v) is 2.69. The summed E-state index contributed by atoms with van der Waals surface area (Å²) in [6, 6.07) is 0. The predicted molar refractivity (Wildman–Crippen MR) is 47.2 cm³/mol. The van der Waals surface area contributed by atoms with Crippen LogP contribution >= 0.6 is 0 Å². The van der Waals surface area contributed by atoms with Gasteiger partial charge < -0.3 is 0 Å². The minimum Gasteiger partial charge on any atom is -0.261 e. The average molecular weight is 225 g/mol. The van der Waals surface area contributed by atoms with Crippen molar-refractivity contribution in [2.45, 2.75) is 25.8 Å². The summed E-state index contributed by atoms with van der Waals surface area (Å²) in [5.41, 5.74) is 9.51. The van der Waals surface area contributed by atoms with E-state index < -0.39 is 26.7 Å². The third-order valence-corrected chi connectivity index (χ3v) is 1.00. The fourth-order valence-corrected chi connectivity index (χ4v) is 0.0770. The Kier molecular flexibility index (Phi) is 5.99. The molecule has 0 radical (unpaired) electrons. The van der Waals surface area contributed by atoms with Gasteiger partial charge in [0.2, 0.25) is 0 Å². The van der Waals surface area contributed by atoms with Gasteiger partial charge in [-0.3, -0.25) is 41.8 Å². The summed E-state index contributed by atoms with van der Waals surface area (Å²) in [5, 5.41) is 28.6. The van der Waals surface area contributed by atoms with Gasteiger partial charge in [0.25, 0.3) is 0 Å². The van der Waals surface area contributed by atoms with Crippen molar-refractivity contribution in [3.05, 3.63) is 30.3 Å². The van der Waals surface area contributed by atoms with Gasteiger partial charge in [0, 0.05) is 6.92 Å². The molecule has 0 amide bonds. The number of nitrogens with zero attached hydrogens (tertiary/aromatic N) is 3. The zero-order chi connectivity index (χ0) is 12.8. The molecule has 0 aliphatic carbocycles. The molecule has 0 aromatic rings.